The zero-order chi connectivity index (χ0) is 23.2. The van der Waals surface area contributed by atoms with Crippen molar-refractivity contribution in [1.82, 2.24) is 4.98 Å². The van der Waals surface area contributed by atoms with Gasteiger partial charge in [-0.3, -0.25) is 4.79 Å². The number of fused-ring (bicyclic) bond motifs is 1. The normalized spacial score (nSPS) is 10.6. The number of nitrogens with one attached hydrogen (secondary N) is 1. The second-order valence-corrected chi connectivity index (χ2v) is 7.29. The maximum Gasteiger partial charge on any atom is 0.338 e. The minimum Gasteiger partial charge on any atom is -0.493 e. The molecule has 1 amide bonds. The monoisotopic (exact) mass is 440 g/mol. The average Bonchev–Trinajstić information content (AvgIpc) is 2.85. The molecule has 33 heavy (non-hydrogen) atoms. The molecule has 0 radical (unpaired) electrons. The van der Waals surface area contributed by atoms with E-state index >= 15 is 0 Å². The van der Waals surface area contributed by atoms with Crippen LogP contribution >= 0.6 is 0 Å². The number of ether oxygens (including phenoxy) is 2. The Balaban J connectivity index is 1.61. The van der Waals surface area contributed by atoms with Gasteiger partial charge < -0.3 is 14.8 Å². The van der Waals surface area contributed by atoms with Crippen molar-refractivity contribution in [1.29, 1.82) is 0 Å². The predicted molar refractivity (Wildman–Crippen MR) is 129 cm³/mol. The highest BCUT2D eigenvalue weighted by molar-refractivity contribution is 6.07. The van der Waals surface area contributed by atoms with Crippen LogP contribution in [-0.4, -0.2) is 30.1 Å². The maximum absolute atomic E-state index is 12.9. The Bertz CT molecular complexity index is 1290. The van der Waals surface area contributed by atoms with Crippen molar-refractivity contribution in [2.24, 2.45) is 0 Å². The summed E-state index contributed by atoms with van der Waals surface area (Å²) in [5.74, 6) is 0.0147. The number of carbonyl (C=O) groups is 2. The quantitative estimate of drug-likeness (QED) is 0.371. The molecule has 0 bridgehead atoms. The molecule has 1 N–H and O–H groups in total. The minimum atomic E-state index is -0.393. The SMILES string of the molecule is CCOC(=O)c1ccc(NC(=O)c2ccc3nc(-c4ccccc4)cc(OCC)c3c2)cc1. The van der Waals surface area contributed by atoms with Gasteiger partial charge in [-0.15, -0.1) is 0 Å². The summed E-state index contributed by atoms with van der Waals surface area (Å²) in [6.45, 7) is 4.48. The van der Waals surface area contributed by atoms with Crippen molar-refractivity contribution >= 4 is 28.5 Å². The van der Waals surface area contributed by atoms with Crippen LogP contribution in [0, 0.1) is 0 Å². The van der Waals surface area contributed by atoms with E-state index in [1.54, 1.807) is 43.3 Å². The first-order valence-corrected chi connectivity index (χ1v) is 10.8. The van der Waals surface area contributed by atoms with Gasteiger partial charge >= 0.3 is 5.97 Å². The van der Waals surface area contributed by atoms with E-state index < -0.39 is 5.97 Å². The van der Waals surface area contributed by atoms with E-state index in [0.717, 1.165) is 22.2 Å². The highest BCUT2D eigenvalue weighted by Crippen LogP contribution is 2.31. The molecule has 0 aliphatic carbocycles. The van der Waals surface area contributed by atoms with E-state index in [4.69, 9.17) is 14.5 Å². The zero-order valence-electron chi connectivity index (χ0n) is 18.5. The summed E-state index contributed by atoms with van der Waals surface area (Å²) in [6, 6.07) is 23.7. The summed E-state index contributed by atoms with van der Waals surface area (Å²) in [5, 5.41) is 3.62. The third kappa shape index (κ3) is 5.01. The summed E-state index contributed by atoms with van der Waals surface area (Å²) in [5.41, 5.74) is 4.04. The van der Waals surface area contributed by atoms with Gasteiger partial charge in [-0.1, -0.05) is 30.3 Å². The fourth-order valence-electron chi connectivity index (χ4n) is 3.48. The van der Waals surface area contributed by atoms with E-state index in [1.165, 1.54) is 0 Å². The number of benzene rings is 3. The Morgan fingerprint density at radius 2 is 1.58 bits per heavy atom. The van der Waals surface area contributed by atoms with E-state index in [0.29, 0.717) is 35.8 Å². The van der Waals surface area contributed by atoms with Gasteiger partial charge in [0.05, 0.1) is 30.0 Å². The van der Waals surface area contributed by atoms with Crippen LogP contribution in [-0.2, 0) is 4.74 Å². The van der Waals surface area contributed by atoms with E-state index in [1.807, 2.05) is 49.4 Å². The van der Waals surface area contributed by atoms with Crippen molar-refractivity contribution in [3.05, 3.63) is 90.0 Å². The molecule has 1 heterocycles. The van der Waals surface area contributed by atoms with Crippen LogP contribution in [0.25, 0.3) is 22.2 Å². The molecule has 4 rings (SSSR count). The highest BCUT2D eigenvalue weighted by Gasteiger charge is 2.13. The van der Waals surface area contributed by atoms with Crippen molar-refractivity contribution < 1.29 is 19.1 Å². The van der Waals surface area contributed by atoms with Crippen LogP contribution in [0.2, 0.25) is 0 Å². The molecular weight excluding hydrogens is 416 g/mol. The molecule has 0 atom stereocenters. The van der Waals surface area contributed by atoms with Gasteiger partial charge in [-0.05, 0) is 56.3 Å². The number of nitrogens with zero attached hydrogens (tertiary/aromatic N) is 1. The molecule has 6 nitrogen and oxygen atoms in total. The van der Waals surface area contributed by atoms with Crippen LogP contribution in [0.4, 0.5) is 5.69 Å². The second-order valence-electron chi connectivity index (χ2n) is 7.29. The summed E-state index contributed by atoms with van der Waals surface area (Å²) in [6.07, 6.45) is 0. The van der Waals surface area contributed by atoms with E-state index in [9.17, 15) is 9.59 Å². The Morgan fingerprint density at radius 3 is 2.27 bits per heavy atom. The third-order valence-electron chi connectivity index (χ3n) is 5.06. The Kier molecular flexibility index (Phi) is 6.64. The van der Waals surface area contributed by atoms with Crippen LogP contribution in [0.5, 0.6) is 5.75 Å². The van der Waals surface area contributed by atoms with Crippen molar-refractivity contribution in [2.75, 3.05) is 18.5 Å². The lowest BCUT2D eigenvalue weighted by molar-refractivity contribution is 0.0526. The summed E-state index contributed by atoms with van der Waals surface area (Å²) < 4.78 is 10.9. The Morgan fingerprint density at radius 1 is 0.848 bits per heavy atom. The van der Waals surface area contributed by atoms with Crippen molar-refractivity contribution in [2.45, 2.75) is 13.8 Å². The number of carbonyl (C=O) groups excluding carboxylic acids is 2. The molecule has 0 spiro atoms. The molecule has 3 aromatic carbocycles. The number of hydrogen-bond acceptors (Lipinski definition) is 5. The lowest BCUT2D eigenvalue weighted by Gasteiger charge is -2.12. The van der Waals surface area contributed by atoms with Crippen LogP contribution in [0.15, 0.2) is 78.9 Å². The number of amides is 1. The summed E-state index contributed by atoms with van der Waals surface area (Å²) in [4.78, 5) is 29.4. The first kappa shape index (κ1) is 22.0. The van der Waals surface area contributed by atoms with Gasteiger partial charge in [0.15, 0.2) is 0 Å². The van der Waals surface area contributed by atoms with Gasteiger partial charge in [0.2, 0.25) is 0 Å². The van der Waals surface area contributed by atoms with E-state index in [-0.39, 0.29) is 5.91 Å². The first-order chi connectivity index (χ1) is 16.1. The summed E-state index contributed by atoms with van der Waals surface area (Å²) >= 11 is 0. The largest absolute Gasteiger partial charge is 0.493 e. The number of esters is 1. The third-order valence-corrected chi connectivity index (χ3v) is 5.06. The molecule has 0 saturated heterocycles. The first-order valence-electron chi connectivity index (χ1n) is 10.8. The lowest BCUT2D eigenvalue weighted by Crippen LogP contribution is -2.12. The number of pyridine rings is 1. The predicted octanol–water partition coefficient (Wildman–Crippen LogP) is 5.73. The molecule has 0 saturated carbocycles. The van der Waals surface area contributed by atoms with Crippen LogP contribution in [0.3, 0.4) is 0 Å². The number of rotatable bonds is 7. The standard InChI is InChI=1S/C27H24N2O4/c1-3-32-25-17-24(18-8-6-5-7-9-18)29-23-15-12-20(16-22(23)25)26(30)28-21-13-10-19(11-14-21)27(31)33-4-2/h5-17H,3-4H2,1-2H3,(H,28,30). The Labute approximate surface area is 192 Å². The smallest absolute Gasteiger partial charge is 0.338 e. The van der Waals surface area contributed by atoms with Crippen molar-refractivity contribution in [3.8, 4) is 17.0 Å². The fourth-order valence-corrected chi connectivity index (χ4v) is 3.48. The van der Waals surface area contributed by atoms with Gasteiger partial charge in [-0.2, -0.15) is 0 Å². The number of hydrogen-bond donors (Lipinski definition) is 1. The molecule has 0 fully saturated rings. The zero-order valence-corrected chi connectivity index (χ0v) is 18.5. The molecule has 0 aliphatic heterocycles. The maximum atomic E-state index is 12.9. The van der Waals surface area contributed by atoms with E-state index in [2.05, 4.69) is 5.32 Å². The molecule has 0 aliphatic rings. The molecule has 166 valence electrons. The fraction of sp³-hybridized carbons (Fsp3) is 0.148. The Hall–Kier alpha value is -4.19. The average molecular weight is 440 g/mol. The molecule has 4 aromatic rings. The van der Waals surface area contributed by atoms with Gasteiger partial charge in [0, 0.05) is 28.3 Å². The molecular formula is C27H24N2O4. The van der Waals surface area contributed by atoms with Crippen LogP contribution in [0.1, 0.15) is 34.6 Å². The van der Waals surface area contributed by atoms with Gasteiger partial charge in [0.25, 0.3) is 5.91 Å². The molecule has 0 unspecified atom stereocenters. The topological polar surface area (TPSA) is 77.5 Å². The number of aromatic nitrogens is 1. The highest BCUT2D eigenvalue weighted by atomic mass is 16.5. The minimum absolute atomic E-state index is 0.268. The van der Waals surface area contributed by atoms with Gasteiger partial charge in [0.1, 0.15) is 5.75 Å². The van der Waals surface area contributed by atoms with Crippen LogP contribution < -0.4 is 10.1 Å². The molecule has 6 heteroatoms. The number of anilines is 1. The second kappa shape index (κ2) is 9.96. The summed E-state index contributed by atoms with van der Waals surface area (Å²) in [7, 11) is 0. The lowest BCUT2D eigenvalue weighted by atomic mass is 10.1. The van der Waals surface area contributed by atoms with Gasteiger partial charge in [-0.25, -0.2) is 9.78 Å². The van der Waals surface area contributed by atoms with Crippen molar-refractivity contribution in [3.63, 3.8) is 0 Å². The molecule has 1 aromatic heterocycles.